The summed E-state index contributed by atoms with van der Waals surface area (Å²) >= 11 is 1.51. The molecule has 0 aliphatic rings. The Kier molecular flexibility index (Phi) is 3.88. The van der Waals surface area contributed by atoms with Crippen LogP contribution in [0.2, 0.25) is 0 Å². The fraction of sp³-hybridized carbons (Fsp3) is 0.118. The molecule has 0 atom stereocenters. The van der Waals surface area contributed by atoms with Crippen LogP contribution in [0.15, 0.2) is 54.6 Å². The van der Waals surface area contributed by atoms with Gasteiger partial charge >= 0.3 is 0 Å². The van der Waals surface area contributed by atoms with E-state index in [2.05, 4.69) is 5.32 Å². The van der Waals surface area contributed by atoms with Gasteiger partial charge in [0.25, 0.3) is 5.91 Å². The quantitative estimate of drug-likeness (QED) is 0.794. The number of nitrogens with one attached hydrogen (secondary N) is 1. The fourth-order valence-electron chi connectivity index (χ4n) is 2.11. The SMILES string of the molecule is COc1ccc(CNC(=O)c2cc3ccccc3s2)cc1. The first-order valence-electron chi connectivity index (χ1n) is 6.66. The lowest BCUT2D eigenvalue weighted by Crippen LogP contribution is -2.21. The van der Waals surface area contributed by atoms with Crippen LogP contribution in [0.25, 0.3) is 10.1 Å². The Morgan fingerprint density at radius 1 is 1.14 bits per heavy atom. The van der Waals surface area contributed by atoms with Gasteiger partial charge in [-0.3, -0.25) is 4.79 Å². The average Bonchev–Trinajstić information content (AvgIpc) is 2.97. The minimum absolute atomic E-state index is 0.0352. The molecule has 0 bridgehead atoms. The summed E-state index contributed by atoms with van der Waals surface area (Å²) in [5, 5.41) is 4.05. The number of carbonyl (C=O) groups is 1. The maximum Gasteiger partial charge on any atom is 0.261 e. The molecule has 0 unspecified atom stereocenters. The lowest BCUT2D eigenvalue weighted by Gasteiger charge is -2.05. The first-order valence-corrected chi connectivity index (χ1v) is 7.47. The van der Waals surface area contributed by atoms with Gasteiger partial charge in [0.1, 0.15) is 5.75 Å². The van der Waals surface area contributed by atoms with Crippen molar-refractivity contribution >= 4 is 27.3 Å². The Morgan fingerprint density at radius 3 is 2.62 bits per heavy atom. The maximum atomic E-state index is 12.2. The van der Waals surface area contributed by atoms with Crippen LogP contribution < -0.4 is 10.1 Å². The number of fused-ring (bicyclic) bond motifs is 1. The van der Waals surface area contributed by atoms with Crippen LogP contribution >= 0.6 is 11.3 Å². The molecule has 3 aromatic rings. The van der Waals surface area contributed by atoms with Gasteiger partial charge in [-0.25, -0.2) is 0 Å². The summed E-state index contributed by atoms with van der Waals surface area (Å²) in [4.78, 5) is 12.9. The Hall–Kier alpha value is -2.33. The van der Waals surface area contributed by atoms with Crippen molar-refractivity contribution in [2.24, 2.45) is 0 Å². The third kappa shape index (κ3) is 3.06. The summed E-state index contributed by atoms with van der Waals surface area (Å²) < 4.78 is 6.24. The molecular formula is C17H15NO2S. The third-order valence-electron chi connectivity index (χ3n) is 3.26. The van der Waals surface area contributed by atoms with Gasteiger partial charge in [-0.1, -0.05) is 30.3 Å². The van der Waals surface area contributed by atoms with Gasteiger partial charge < -0.3 is 10.1 Å². The van der Waals surface area contributed by atoms with Crippen molar-refractivity contribution in [1.29, 1.82) is 0 Å². The number of ether oxygens (including phenoxy) is 1. The number of carbonyl (C=O) groups excluding carboxylic acids is 1. The monoisotopic (exact) mass is 297 g/mol. The molecular weight excluding hydrogens is 282 g/mol. The molecule has 0 saturated heterocycles. The van der Waals surface area contributed by atoms with Gasteiger partial charge in [-0.2, -0.15) is 0 Å². The summed E-state index contributed by atoms with van der Waals surface area (Å²) in [5.74, 6) is 0.779. The van der Waals surface area contributed by atoms with Gasteiger partial charge in [0.2, 0.25) is 0 Å². The van der Waals surface area contributed by atoms with E-state index in [1.54, 1.807) is 7.11 Å². The van der Waals surface area contributed by atoms with Gasteiger partial charge in [0.05, 0.1) is 12.0 Å². The maximum absolute atomic E-state index is 12.2. The second-order valence-electron chi connectivity index (χ2n) is 4.68. The molecule has 0 aliphatic carbocycles. The molecule has 0 aliphatic heterocycles. The zero-order chi connectivity index (χ0) is 14.7. The molecule has 4 heteroatoms. The van der Waals surface area contributed by atoms with Crippen LogP contribution in [0.3, 0.4) is 0 Å². The Balaban J connectivity index is 1.68. The number of hydrogen-bond acceptors (Lipinski definition) is 3. The lowest BCUT2D eigenvalue weighted by molar-refractivity contribution is 0.0955. The van der Waals surface area contributed by atoms with Crippen molar-refractivity contribution in [3.05, 3.63) is 65.0 Å². The second kappa shape index (κ2) is 5.97. The summed E-state index contributed by atoms with van der Waals surface area (Å²) in [6, 6.07) is 17.6. The van der Waals surface area contributed by atoms with Crippen LogP contribution in [0.4, 0.5) is 0 Å². The van der Waals surface area contributed by atoms with Crippen LogP contribution in [0, 0.1) is 0 Å². The molecule has 106 valence electrons. The van der Waals surface area contributed by atoms with Crippen molar-refractivity contribution in [3.63, 3.8) is 0 Å². The minimum Gasteiger partial charge on any atom is -0.497 e. The predicted molar refractivity (Wildman–Crippen MR) is 86.0 cm³/mol. The Labute approximate surface area is 127 Å². The van der Waals surface area contributed by atoms with E-state index in [1.807, 2.05) is 54.6 Å². The summed E-state index contributed by atoms with van der Waals surface area (Å²) in [7, 11) is 1.64. The van der Waals surface area contributed by atoms with Gasteiger partial charge in [0.15, 0.2) is 0 Å². The second-order valence-corrected chi connectivity index (χ2v) is 5.76. The van der Waals surface area contributed by atoms with Crippen LogP contribution in [0.5, 0.6) is 5.75 Å². The molecule has 2 aromatic carbocycles. The summed E-state index contributed by atoms with van der Waals surface area (Å²) in [6.45, 7) is 0.511. The van der Waals surface area contributed by atoms with Crippen LogP contribution in [-0.2, 0) is 6.54 Å². The summed E-state index contributed by atoms with van der Waals surface area (Å²) in [5.41, 5.74) is 1.05. The highest BCUT2D eigenvalue weighted by Crippen LogP contribution is 2.25. The Bertz CT molecular complexity index is 729. The van der Waals surface area contributed by atoms with E-state index >= 15 is 0 Å². The molecule has 21 heavy (non-hydrogen) atoms. The summed E-state index contributed by atoms with van der Waals surface area (Å²) in [6.07, 6.45) is 0. The predicted octanol–water partition coefficient (Wildman–Crippen LogP) is 3.84. The van der Waals surface area contributed by atoms with Crippen LogP contribution in [0.1, 0.15) is 15.2 Å². The molecule has 1 heterocycles. The van der Waals surface area contributed by atoms with E-state index in [9.17, 15) is 4.79 Å². The highest BCUT2D eigenvalue weighted by molar-refractivity contribution is 7.20. The standard InChI is InChI=1S/C17H15NO2S/c1-20-14-8-6-12(7-9-14)11-18-17(19)16-10-13-4-2-3-5-15(13)21-16/h2-10H,11H2,1H3,(H,18,19). The zero-order valence-corrected chi connectivity index (χ0v) is 12.4. The number of methoxy groups -OCH3 is 1. The van der Waals surface area contributed by atoms with Crippen molar-refractivity contribution < 1.29 is 9.53 Å². The number of benzene rings is 2. The van der Waals surface area contributed by atoms with E-state index in [1.165, 1.54) is 11.3 Å². The third-order valence-corrected chi connectivity index (χ3v) is 4.38. The smallest absolute Gasteiger partial charge is 0.261 e. The number of rotatable bonds is 4. The first-order chi connectivity index (χ1) is 10.3. The lowest BCUT2D eigenvalue weighted by atomic mass is 10.2. The van der Waals surface area contributed by atoms with Crippen molar-refractivity contribution in [3.8, 4) is 5.75 Å². The largest absolute Gasteiger partial charge is 0.497 e. The molecule has 1 N–H and O–H groups in total. The minimum atomic E-state index is -0.0352. The van der Waals surface area contributed by atoms with E-state index < -0.39 is 0 Å². The zero-order valence-electron chi connectivity index (χ0n) is 11.6. The molecule has 3 nitrogen and oxygen atoms in total. The topological polar surface area (TPSA) is 38.3 Å². The molecule has 0 saturated carbocycles. The molecule has 0 fully saturated rings. The first kappa shape index (κ1) is 13.6. The van der Waals surface area contributed by atoms with E-state index in [0.717, 1.165) is 26.3 Å². The average molecular weight is 297 g/mol. The Morgan fingerprint density at radius 2 is 1.90 bits per heavy atom. The normalized spacial score (nSPS) is 10.5. The molecule has 0 radical (unpaired) electrons. The fourth-order valence-corrected chi connectivity index (χ4v) is 3.09. The van der Waals surface area contributed by atoms with Gasteiger partial charge in [-0.05, 0) is 35.2 Å². The molecule has 1 amide bonds. The van der Waals surface area contributed by atoms with E-state index in [4.69, 9.17) is 4.74 Å². The highest BCUT2D eigenvalue weighted by atomic mass is 32.1. The molecule has 3 rings (SSSR count). The highest BCUT2D eigenvalue weighted by Gasteiger charge is 2.09. The van der Waals surface area contributed by atoms with E-state index in [-0.39, 0.29) is 5.91 Å². The van der Waals surface area contributed by atoms with Crippen molar-refractivity contribution in [2.75, 3.05) is 7.11 Å². The van der Waals surface area contributed by atoms with Gasteiger partial charge in [0, 0.05) is 11.2 Å². The number of amides is 1. The van der Waals surface area contributed by atoms with Gasteiger partial charge in [-0.15, -0.1) is 11.3 Å². The van der Waals surface area contributed by atoms with E-state index in [0.29, 0.717) is 6.54 Å². The molecule has 0 spiro atoms. The number of hydrogen-bond donors (Lipinski definition) is 1. The number of thiophene rings is 1. The van der Waals surface area contributed by atoms with Crippen molar-refractivity contribution in [1.82, 2.24) is 5.32 Å². The van der Waals surface area contributed by atoms with Crippen LogP contribution in [-0.4, -0.2) is 13.0 Å². The molecule has 1 aromatic heterocycles. The van der Waals surface area contributed by atoms with Crippen molar-refractivity contribution in [2.45, 2.75) is 6.54 Å².